The van der Waals surface area contributed by atoms with Gasteiger partial charge in [-0.25, -0.2) is 0 Å². The third kappa shape index (κ3) is 4.18. The summed E-state index contributed by atoms with van der Waals surface area (Å²) in [5.74, 6) is 3.26. The van der Waals surface area contributed by atoms with Gasteiger partial charge >= 0.3 is 0 Å². The Bertz CT molecular complexity index is 331. The first-order valence-corrected chi connectivity index (χ1v) is 9.75. The van der Waals surface area contributed by atoms with Gasteiger partial charge in [0.1, 0.15) is 0 Å². The van der Waals surface area contributed by atoms with Gasteiger partial charge in [-0.15, -0.1) is 0 Å². The Balaban J connectivity index is 2.18. The van der Waals surface area contributed by atoms with Gasteiger partial charge in [-0.3, -0.25) is 0 Å². The Morgan fingerprint density at radius 3 is 2.25 bits per heavy atom. The molecule has 20 heavy (non-hydrogen) atoms. The molecule has 0 amide bonds. The minimum absolute atomic E-state index is 0.501. The fraction of sp³-hybridized carbons (Fsp3) is 1.00. The number of hydrogen-bond acceptors (Lipinski definition) is 1. The largest absolute Gasteiger partial charge is 0.155 e. The van der Waals surface area contributed by atoms with E-state index in [1.54, 1.807) is 0 Å². The minimum atomic E-state index is 0.501. The average Bonchev–Trinajstić information content (AvgIpc) is 2.40. The Morgan fingerprint density at radius 2 is 1.55 bits per heavy atom. The van der Waals surface area contributed by atoms with Gasteiger partial charge in [-0.1, -0.05) is 48.0 Å². The van der Waals surface area contributed by atoms with E-state index in [9.17, 15) is 0 Å². The number of thioether (sulfide) groups is 1. The quantitative estimate of drug-likeness (QED) is 0.489. The summed E-state index contributed by atoms with van der Waals surface area (Å²) in [7, 11) is 0. The summed E-state index contributed by atoms with van der Waals surface area (Å²) in [6, 6.07) is 0. The number of fused-ring (bicyclic) bond motifs is 1. The van der Waals surface area contributed by atoms with E-state index >= 15 is 0 Å². The first kappa shape index (κ1) is 16.7. The fourth-order valence-electron chi connectivity index (χ4n) is 4.45. The zero-order valence-electron chi connectivity index (χ0n) is 14.7. The van der Waals surface area contributed by atoms with E-state index in [4.69, 9.17) is 0 Å². The van der Waals surface area contributed by atoms with Gasteiger partial charge in [-0.05, 0) is 66.9 Å². The van der Waals surface area contributed by atoms with Crippen molar-refractivity contribution in [3.8, 4) is 0 Å². The summed E-state index contributed by atoms with van der Waals surface area (Å²) in [6.07, 6.45) is 10.1. The highest BCUT2D eigenvalue weighted by atomic mass is 32.2. The number of rotatable bonds is 0. The normalized spacial score (nSPS) is 41.7. The van der Waals surface area contributed by atoms with Crippen LogP contribution in [0.3, 0.4) is 0 Å². The Kier molecular flexibility index (Phi) is 4.90. The molecule has 0 spiro atoms. The predicted molar refractivity (Wildman–Crippen MR) is 93.4 cm³/mol. The molecule has 2 aliphatic rings. The molecule has 1 saturated carbocycles. The van der Waals surface area contributed by atoms with Gasteiger partial charge in [-0.2, -0.15) is 11.8 Å². The van der Waals surface area contributed by atoms with Crippen molar-refractivity contribution in [2.24, 2.45) is 22.7 Å². The highest BCUT2D eigenvalue weighted by Crippen LogP contribution is 2.52. The van der Waals surface area contributed by atoms with Crippen LogP contribution < -0.4 is 0 Å². The van der Waals surface area contributed by atoms with Gasteiger partial charge in [0, 0.05) is 4.75 Å². The van der Waals surface area contributed by atoms with E-state index < -0.39 is 0 Å². The van der Waals surface area contributed by atoms with E-state index in [0.29, 0.717) is 15.6 Å². The molecule has 0 aromatic rings. The SMILES string of the molecule is CC1CCC2CCC(C)(C)SCC2(C)CCC(C)(C)C1. The summed E-state index contributed by atoms with van der Waals surface area (Å²) >= 11 is 2.25. The molecule has 2 fully saturated rings. The van der Waals surface area contributed by atoms with Gasteiger partial charge in [0.2, 0.25) is 0 Å². The van der Waals surface area contributed by atoms with E-state index in [-0.39, 0.29) is 0 Å². The first-order valence-electron chi connectivity index (χ1n) is 8.76. The first-order chi connectivity index (χ1) is 9.12. The van der Waals surface area contributed by atoms with E-state index in [1.807, 2.05) is 0 Å². The Hall–Kier alpha value is 0.350. The minimum Gasteiger partial charge on any atom is -0.155 e. The highest BCUT2D eigenvalue weighted by Gasteiger charge is 2.41. The maximum Gasteiger partial charge on any atom is 0.0104 e. The van der Waals surface area contributed by atoms with E-state index in [2.05, 4.69) is 53.3 Å². The van der Waals surface area contributed by atoms with Gasteiger partial charge in [0.15, 0.2) is 0 Å². The van der Waals surface area contributed by atoms with Crippen molar-refractivity contribution >= 4 is 11.8 Å². The van der Waals surface area contributed by atoms with Crippen molar-refractivity contribution in [1.82, 2.24) is 0 Å². The van der Waals surface area contributed by atoms with Crippen LogP contribution in [-0.2, 0) is 0 Å². The summed E-state index contributed by atoms with van der Waals surface area (Å²) in [6.45, 7) is 15.0. The lowest BCUT2D eigenvalue weighted by Crippen LogP contribution is -2.30. The smallest absolute Gasteiger partial charge is 0.0104 e. The van der Waals surface area contributed by atoms with Crippen LogP contribution in [0.1, 0.15) is 86.5 Å². The molecule has 3 atom stereocenters. The molecule has 0 aromatic heterocycles. The molecule has 0 nitrogen and oxygen atoms in total. The van der Waals surface area contributed by atoms with Crippen molar-refractivity contribution in [2.45, 2.75) is 91.2 Å². The molecular formula is C19H36S. The third-order valence-corrected chi connectivity index (χ3v) is 7.94. The van der Waals surface area contributed by atoms with Crippen molar-refractivity contribution in [3.63, 3.8) is 0 Å². The van der Waals surface area contributed by atoms with Crippen molar-refractivity contribution < 1.29 is 0 Å². The summed E-state index contributed by atoms with van der Waals surface area (Å²) in [4.78, 5) is 0. The summed E-state index contributed by atoms with van der Waals surface area (Å²) in [5.41, 5.74) is 1.13. The second-order valence-corrected chi connectivity index (χ2v) is 11.2. The summed E-state index contributed by atoms with van der Waals surface area (Å²) < 4.78 is 0.501. The van der Waals surface area contributed by atoms with Crippen LogP contribution >= 0.6 is 11.8 Å². The standard InChI is InChI=1S/C19H36S/c1-15-7-8-16-9-10-18(4,5)20-14-19(16,6)12-11-17(2,3)13-15/h15-16H,7-14H2,1-6H3. The zero-order valence-corrected chi connectivity index (χ0v) is 15.5. The highest BCUT2D eigenvalue weighted by molar-refractivity contribution is 8.00. The lowest BCUT2D eigenvalue weighted by molar-refractivity contribution is 0.156. The Morgan fingerprint density at radius 1 is 0.850 bits per heavy atom. The van der Waals surface area contributed by atoms with Crippen molar-refractivity contribution in [1.29, 1.82) is 0 Å². The molecule has 2 rings (SSSR count). The maximum atomic E-state index is 2.61. The molecule has 0 bridgehead atoms. The monoisotopic (exact) mass is 296 g/mol. The molecule has 118 valence electrons. The van der Waals surface area contributed by atoms with Crippen LogP contribution in [0.5, 0.6) is 0 Å². The van der Waals surface area contributed by atoms with Gasteiger partial charge in [0.25, 0.3) is 0 Å². The van der Waals surface area contributed by atoms with Crippen LogP contribution in [-0.4, -0.2) is 10.5 Å². The second-order valence-electron chi connectivity index (χ2n) is 9.49. The number of hydrogen-bond donors (Lipinski definition) is 0. The topological polar surface area (TPSA) is 0 Å². The molecule has 0 N–H and O–H groups in total. The maximum absolute atomic E-state index is 2.61. The molecule has 1 heteroatoms. The molecule has 1 heterocycles. The average molecular weight is 297 g/mol. The van der Waals surface area contributed by atoms with Crippen LogP contribution in [0.4, 0.5) is 0 Å². The van der Waals surface area contributed by atoms with E-state index in [1.165, 1.54) is 50.7 Å². The molecule has 0 radical (unpaired) electrons. The van der Waals surface area contributed by atoms with Crippen LogP contribution in [0, 0.1) is 22.7 Å². The molecule has 3 unspecified atom stereocenters. The lowest BCUT2D eigenvalue weighted by atomic mass is 9.69. The van der Waals surface area contributed by atoms with Gasteiger partial charge in [0.05, 0.1) is 0 Å². The van der Waals surface area contributed by atoms with Crippen LogP contribution in [0.15, 0.2) is 0 Å². The molecule has 1 saturated heterocycles. The molecular weight excluding hydrogens is 260 g/mol. The van der Waals surface area contributed by atoms with Crippen molar-refractivity contribution in [3.05, 3.63) is 0 Å². The van der Waals surface area contributed by atoms with Crippen molar-refractivity contribution in [2.75, 3.05) is 5.75 Å². The fourth-order valence-corrected chi connectivity index (χ4v) is 5.81. The lowest BCUT2D eigenvalue weighted by Gasteiger charge is -2.38. The predicted octanol–water partition coefficient (Wildman–Crippen LogP) is 6.54. The second kappa shape index (κ2) is 5.86. The third-order valence-electron chi connectivity index (χ3n) is 6.15. The molecule has 1 aliphatic heterocycles. The van der Waals surface area contributed by atoms with Crippen LogP contribution in [0.25, 0.3) is 0 Å². The Labute approximate surface area is 131 Å². The zero-order chi connectivity index (χ0) is 15.0. The molecule has 0 aromatic carbocycles. The molecule has 1 aliphatic carbocycles. The van der Waals surface area contributed by atoms with Gasteiger partial charge < -0.3 is 0 Å². The van der Waals surface area contributed by atoms with E-state index in [0.717, 1.165) is 11.8 Å². The summed E-state index contributed by atoms with van der Waals surface area (Å²) in [5, 5.41) is 0. The van der Waals surface area contributed by atoms with Crippen LogP contribution in [0.2, 0.25) is 0 Å².